The fraction of sp³-hybridized carbons (Fsp3) is 0.435. The van der Waals surface area contributed by atoms with E-state index < -0.39 is 0 Å². The van der Waals surface area contributed by atoms with Crippen molar-refractivity contribution in [2.75, 3.05) is 23.3 Å². The summed E-state index contributed by atoms with van der Waals surface area (Å²) in [5.41, 5.74) is 6.15. The van der Waals surface area contributed by atoms with Crippen molar-refractivity contribution in [1.29, 1.82) is 0 Å². The molecule has 0 bridgehead atoms. The first-order chi connectivity index (χ1) is 12.9. The van der Waals surface area contributed by atoms with E-state index in [0.29, 0.717) is 5.11 Å². The summed E-state index contributed by atoms with van der Waals surface area (Å²) < 4.78 is 0. The smallest absolute Gasteiger partial charge is 0.171 e. The number of hydrogen-bond donors (Lipinski definition) is 2. The summed E-state index contributed by atoms with van der Waals surface area (Å²) in [4.78, 5) is 2.49. The second-order valence-electron chi connectivity index (χ2n) is 7.88. The molecule has 0 amide bonds. The molecule has 2 aromatic rings. The van der Waals surface area contributed by atoms with Gasteiger partial charge in [-0.3, -0.25) is 0 Å². The van der Waals surface area contributed by atoms with Crippen LogP contribution in [0.5, 0.6) is 0 Å². The van der Waals surface area contributed by atoms with Gasteiger partial charge in [0.2, 0.25) is 0 Å². The maximum Gasteiger partial charge on any atom is 0.171 e. The molecule has 1 fully saturated rings. The predicted octanol–water partition coefficient (Wildman–Crippen LogP) is 5.59. The molecule has 1 saturated heterocycles. The standard InChI is InChI=1S/C23H31N3S/c1-16-11-13-26(14-12-16)22-9-6-20(7-10-22)19(4)24-23(27)25-21-8-5-17(2)18(3)15-21/h5-10,15-16,19H,11-14H2,1-4H3,(H2,24,25,27)/t19-/m1/s1. The zero-order valence-electron chi connectivity index (χ0n) is 16.9. The third kappa shape index (κ3) is 5.23. The predicted molar refractivity (Wildman–Crippen MR) is 121 cm³/mol. The molecule has 1 heterocycles. The Morgan fingerprint density at radius 2 is 1.70 bits per heavy atom. The summed E-state index contributed by atoms with van der Waals surface area (Å²) in [6.45, 7) is 11.1. The first-order valence-electron chi connectivity index (χ1n) is 9.92. The van der Waals surface area contributed by atoms with Crippen molar-refractivity contribution in [3.05, 3.63) is 59.2 Å². The van der Waals surface area contributed by atoms with Gasteiger partial charge >= 0.3 is 0 Å². The van der Waals surface area contributed by atoms with Gasteiger partial charge in [0.05, 0.1) is 6.04 Å². The van der Waals surface area contributed by atoms with E-state index in [4.69, 9.17) is 12.2 Å². The van der Waals surface area contributed by atoms with Gasteiger partial charge in [0.1, 0.15) is 0 Å². The first kappa shape index (κ1) is 19.7. The van der Waals surface area contributed by atoms with Crippen LogP contribution in [0.4, 0.5) is 11.4 Å². The molecule has 27 heavy (non-hydrogen) atoms. The number of aryl methyl sites for hydroxylation is 2. The lowest BCUT2D eigenvalue weighted by molar-refractivity contribution is 0.438. The Bertz CT molecular complexity index is 777. The molecular weight excluding hydrogens is 350 g/mol. The minimum atomic E-state index is 0.159. The van der Waals surface area contributed by atoms with E-state index in [1.165, 1.54) is 35.2 Å². The van der Waals surface area contributed by atoms with Gasteiger partial charge in [0.25, 0.3) is 0 Å². The molecule has 3 nitrogen and oxygen atoms in total. The Morgan fingerprint density at radius 3 is 2.33 bits per heavy atom. The summed E-state index contributed by atoms with van der Waals surface area (Å²) in [5, 5.41) is 7.33. The molecule has 3 rings (SSSR count). The van der Waals surface area contributed by atoms with Crippen LogP contribution in [0.15, 0.2) is 42.5 Å². The van der Waals surface area contributed by atoms with Crippen LogP contribution in [-0.2, 0) is 0 Å². The van der Waals surface area contributed by atoms with E-state index in [1.807, 2.05) is 0 Å². The summed E-state index contributed by atoms with van der Waals surface area (Å²) >= 11 is 5.50. The van der Waals surface area contributed by atoms with E-state index in [9.17, 15) is 0 Å². The monoisotopic (exact) mass is 381 g/mol. The molecule has 1 aliphatic heterocycles. The lowest BCUT2D eigenvalue weighted by atomic mass is 9.98. The number of benzene rings is 2. The number of anilines is 2. The fourth-order valence-corrected chi connectivity index (χ4v) is 3.80. The summed E-state index contributed by atoms with van der Waals surface area (Å²) in [7, 11) is 0. The summed E-state index contributed by atoms with van der Waals surface area (Å²) in [6.07, 6.45) is 2.58. The number of piperidine rings is 1. The number of thiocarbonyl (C=S) groups is 1. The quantitative estimate of drug-likeness (QED) is 0.675. The van der Waals surface area contributed by atoms with Gasteiger partial charge in [-0.05, 0) is 92.7 Å². The third-order valence-electron chi connectivity index (χ3n) is 5.65. The molecule has 0 aliphatic carbocycles. The van der Waals surface area contributed by atoms with Crippen LogP contribution >= 0.6 is 12.2 Å². The number of hydrogen-bond acceptors (Lipinski definition) is 2. The molecule has 1 atom stereocenters. The highest BCUT2D eigenvalue weighted by Crippen LogP contribution is 2.24. The largest absolute Gasteiger partial charge is 0.372 e. The van der Waals surface area contributed by atoms with Crippen LogP contribution < -0.4 is 15.5 Å². The minimum absolute atomic E-state index is 0.159. The van der Waals surface area contributed by atoms with E-state index in [1.54, 1.807) is 0 Å². The molecule has 2 aromatic carbocycles. The second-order valence-corrected chi connectivity index (χ2v) is 8.29. The molecule has 0 saturated carbocycles. The van der Waals surface area contributed by atoms with Crippen LogP contribution in [0, 0.1) is 19.8 Å². The Kier molecular flexibility index (Phi) is 6.38. The molecule has 4 heteroatoms. The van der Waals surface area contributed by atoms with E-state index in [-0.39, 0.29) is 6.04 Å². The Balaban J connectivity index is 1.56. The van der Waals surface area contributed by atoms with Gasteiger partial charge in [-0.25, -0.2) is 0 Å². The molecule has 2 N–H and O–H groups in total. The number of rotatable bonds is 4. The lowest BCUT2D eigenvalue weighted by Crippen LogP contribution is -2.33. The van der Waals surface area contributed by atoms with Gasteiger partial charge in [-0.15, -0.1) is 0 Å². The van der Waals surface area contributed by atoms with Gasteiger partial charge in [0, 0.05) is 24.5 Å². The Labute approximate surface area is 169 Å². The van der Waals surface area contributed by atoms with E-state index in [0.717, 1.165) is 24.7 Å². The molecule has 0 aromatic heterocycles. The number of nitrogens with one attached hydrogen (secondary N) is 2. The topological polar surface area (TPSA) is 27.3 Å². The van der Waals surface area contributed by atoms with Crippen LogP contribution in [0.3, 0.4) is 0 Å². The third-order valence-corrected chi connectivity index (χ3v) is 5.87. The zero-order chi connectivity index (χ0) is 19.4. The van der Waals surface area contributed by atoms with Crippen molar-refractivity contribution >= 4 is 28.7 Å². The normalized spacial score (nSPS) is 16.1. The molecule has 0 spiro atoms. The molecule has 0 unspecified atom stereocenters. The highest BCUT2D eigenvalue weighted by atomic mass is 32.1. The maximum atomic E-state index is 5.50. The van der Waals surface area contributed by atoms with Gasteiger partial charge in [-0.1, -0.05) is 25.1 Å². The van der Waals surface area contributed by atoms with Crippen molar-refractivity contribution in [1.82, 2.24) is 5.32 Å². The van der Waals surface area contributed by atoms with Gasteiger partial charge < -0.3 is 15.5 Å². The van der Waals surface area contributed by atoms with Crippen LogP contribution in [0.25, 0.3) is 0 Å². The number of nitrogens with zero attached hydrogens (tertiary/aromatic N) is 1. The summed E-state index contributed by atoms with van der Waals surface area (Å²) in [5.74, 6) is 0.857. The minimum Gasteiger partial charge on any atom is -0.372 e. The van der Waals surface area contributed by atoms with Crippen LogP contribution in [0.1, 0.15) is 49.4 Å². The average Bonchev–Trinajstić information content (AvgIpc) is 2.65. The van der Waals surface area contributed by atoms with Crippen molar-refractivity contribution in [2.45, 2.75) is 46.6 Å². The van der Waals surface area contributed by atoms with Crippen molar-refractivity contribution < 1.29 is 0 Å². The fourth-order valence-electron chi connectivity index (χ4n) is 3.51. The van der Waals surface area contributed by atoms with Crippen molar-refractivity contribution in [3.63, 3.8) is 0 Å². The SMILES string of the molecule is Cc1ccc(NC(=S)N[C@H](C)c2ccc(N3CCC(C)CC3)cc2)cc1C. The lowest BCUT2D eigenvalue weighted by Gasteiger charge is -2.32. The average molecular weight is 382 g/mol. The Hall–Kier alpha value is -2.07. The Morgan fingerprint density at radius 1 is 1.04 bits per heavy atom. The maximum absolute atomic E-state index is 5.50. The van der Waals surface area contributed by atoms with Gasteiger partial charge in [0.15, 0.2) is 5.11 Å². The molecular formula is C23H31N3S. The highest BCUT2D eigenvalue weighted by Gasteiger charge is 2.16. The first-order valence-corrected chi connectivity index (χ1v) is 10.3. The van der Waals surface area contributed by atoms with E-state index >= 15 is 0 Å². The molecule has 0 radical (unpaired) electrons. The summed E-state index contributed by atoms with van der Waals surface area (Å²) in [6, 6.07) is 15.4. The van der Waals surface area contributed by atoms with E-state index in [2.05, 4.69) is 85.7 Å². The van der Waals surface area contributed by atoms with Crippen molar-refractivity contribution in [3.8, 4) is 0 Å². The second kappa shape index (κ2) is 8.75. The van der Waals surface area contributed by atoms with Crippen LogP contribution in [-0.4, -0.2) is 18.2 Å². The van der Waals surface area contributed by atoms with Crippen molar-refractivity contribution in [2.24, 2.45) is 5.92 Å². The van der Waals surface area contributed by atoms with Crippen LogP contribution in [0.2, 0.25) is 0 Å². The zero-order valence-corrected chi connectivity index (χ0v) is 17.7. The van der Waals surface area contributed by atoms with Gasteiger partial charge in [-0.2, -0.15) is 0 Å². The molecule has 144 valence electrons. The molecule has 1 aliphatic rings. The highest BCUT2D eigenvalue weighted by molar-refractivity contribution is 7.80.